The van der Waals surface area contributed by atoms with Crippen molar-refractivity contribution in [2.45, 2.75) is 46.0 Å². The largest absolute Gasteiger partial charge is 0.454 e. The van der Waals surface area contributed by atoms with E-state index in [1.807, 2.05) is 0 Å². The van der Waals surface area contributed by atoms with Gasteiger partial charge in [0.05, 0.1) is 5.56 Å². The maximum atomic E-state index is 6.78. The average molecular weight is 433 g/mol. The lowest BCUT2D eigenvalue weighted by atomic mass is 9.89. The molecule has 2 nitrogen and oxygen atoms in total. The van der Waals surface area contributed by atoms with Crippen molar-refractivity contribution in [3.05, 3.63) is 89.1 Å². The predicted molar refractivity (Wildman–Crippen MR) is 137 cm³/mol. The summed E-state index contributed by atoms with van der Waals surface area (Å²) in [5.41, 5.74) is 12.7. The van der Waals surface area contributed by atoms with Crippen LogP contribution in [0.15, 0.2) is 71.3 Å². The van der Waals surface area contributed by atoms with E-state index in [4.69, 9.17) is 4.42 Å². The summed E-state index contributed by atoms with van der Waals surface area (Å²) in [5.74, 6) is 0.560. The topological polar surface area (TPSA) is 17.0 Å². The van der Waals surface area contributed by atoms with E-state index in [1.54, 1.807) is 5.56 Å². The Balaban J connectivity index is 1.65. The third kappa shape index (κ3) is 3.04. The van der Waals surface area contributed by atoms with Gasteiger partial charge in [-0.3, -0.25) is 0 Å². The minimum Gasteiger partial charge on any atom is -0.454 e. The second-order valence-corrected chi connectivity index (χ2v) is 9.78. The van der Waals surface area contributed by atoms with Crippen molar-refractivity contribution in [3.63, 3.8) is 0 Å². The van der Waals surface area contributed by atoms with Crippen molar-refractivity contribution in [1.29, 1.82) is 0 Å². The summed E-state index contributed by atoms with van der Waals surface area (Å²) in [6.07, 6.45) is 5.70. The summed E-state index contributed by atoms with van der Waals surface area (Å²) in [6.45, 7) is 6.79. The Hall–Kier alpha value is -3.39. The van der Waals surface area contributed by atoms with Crippen LogP contribution in [0.3, 0.4) is 0 Å². The first-order valence-electron chi connectivity index (χ1n) is 12.1. The molecule has 0 N–H and O–H groups in total. The standard InChI is InChI=1S/C31H30NO/c1-19(2)21-16-17-24(23-10-7-9-22(21)23)25-11-8-12-26-27-15-14-20(3)29(31(27)33-30(25)26)28-13-5-6-18-32(28)4/h5-6,8,11-19H,7,9-10H2,1-4H3/q+1. The van der Waals surface area contributed by atoms with Gasteiger partial charge in [-0.25, -0.2) is 4.57 Å². The van der Waals surface area contributed by atoms with Crippen molar-refractivity contribution in [3.8, 4) is 22.4 Å². The SMILES string of the molecule is Cc1ccc2c(oc3c(-c4ccc(C(C)C)c5c4CCC5)cccc32)c1-c1cccc[n+]1C. The van der Waals surface area contributed by atoms with E-state index in [-0.39, 0.29) is 0 Å². The molecule has 0 aliphatic heterocycles. The second-order valence-electron chi connectivity index (χ2n) is 9.78. The van der Waals surface area contributed by atoms with Crippen LogP contribution in [0.4, 0.5) is 0 Å². The zero-order valence-electron chi connectivity index (χ0n) is 19.9. The normalized spacial score (nSPS) is 13.4. The van der Waals surface area contributed by atoms with Gasteiger partial charge in [0.1, 0.15) is 18.2 Å². The Morgan fingerprint density at radius 3 is 2.42 bits per heavy atom. The summed E-state index contributed by atoms with van der Waals surface area (Å²) in [4.78, 5) is 0. The molecule has 0 atom stereocenters. The number of furan rings is 1. The first kappa shape index (κ1) is 20.2. The highest BCUT2D eigenvalue weighted by Crippen LogP contribution is 2.43. The summed E-state index contributed by atoms with van der Waals surface area (Å²) < 4.78 is 8.96. The van der Waals surface area contributed by atoms with Crippen LogP contribution >= 0.6 is 0 Å². The van der Waals surface area contributed by atoms with E-state index in [9.17, 15) is 0 Å². The Bertz CT molecular complexity index is 1540. The van der Waals surface area contributed by atoms with E-state index >= 15 is 0 Å². The molecule has 2 heteroatoms. The molecule has 1 aliphatic rings. The van der Waals surface area contributed by atoms with Crippen molar-refractivity contribution in [2.75, 3.05) is 0 Å². The highest BCUT2D eigenvalue weighted by Gasteiger charge is 2.24. The minimum atomic E-state index is 0.560. The van der Waals surface area contributed by atoms with E-state index in [1.165, 1.54) is 62.7 Å². The molecule has 0 unspecified atom stereocenters. The smallest absolute Gasteiger partial charge is 0.216 e. The molecule has 2 heterocycles. The third-order valence-electron chi connectivity index (χ3n) is 7.42. The molecule has 164 valence electrons. The molecule has 0 bridgehead atoms. The number of aromatic nitrogens is 1. The zero-order chi connectivity index (χ0) is 22.7. The lowest BCUT2D eigenvalue weighted by Gasteiger charge is -2.16. The van der Waals surface area contributed by atoms with Gasteiger partial charge in [0.25, 0.3) is 0 Å². The zero-order valence-corrected chi connectivity index (χ0v) is 19.9. The molecule has 33 heavy (non-hydrogen) atoms. The molecule has 3 aromatic carbocycles. The second kappa shape index (κ2) is 7.59. The molecule has 0 radical (unpaired) electrons. The van der Waals surface area contributed by atoms with E-state index in [0.717, 1.165) is 17.6 Å². The van der Waals surface area contributed by atoms with Crippen LogP contribution in [0.25, 0.3) is 44.3 Å². The average Bonchev–Trinajstić information content (AvgIpc) is 3.44. The van der Waals surface area contributed by atoms with E-state index < -0.39 is 0 Å². The molecule has 0 saturated carbocycles. The number of aryl methyl sites for hydroxylation is 2. The monoisotopic (exact) mass is 432 g/mol. The van der Waals surface area contributed by atoms with Crippen LogP contribution in [0.2, 0.25) is 0 Å². The van der Waals surface area contributed by atoms with Crippen LogP contribution in [-0.4, -0.2) is 0 Å². The number of pyridine rings is 1. The molecular formula is C31H30NO+. The third-order valence-corrected chi connectivity index (χ3v) is 7.42. The van der Waals surface area contributed by atoms with Gasteiger partial charge in [0.15, 0.2) is 6.20 Å². The highest BCUT2D eigenvalue weighted by atomic mass is 16.3. The van der Waals surface area contributed by atoms with Gasteiger partial charge in [0, 0.05) is 28.5 Å². The number of hydrogen-bond acceptors (Lipinski definition) is 1. The Morgan fingerprint density at radius 2 is 1.61 bits per heavy atom. The summed E-state index contributed by atoms with van der Waals surface area (Å²) in [5, 5.41) is 2.38. The predicted octanol–water partition coefficient (Wildman–Crippen LogP) is 7.67. The van der Waals surface area contributed by atoms with Gasteiger partial charge in [0.2, 0.25) is 5.69 Å². The number of nitrogens with zero attached hydrogens (tertiary/aromatic N) is 1. The first-order valence-corrected chi connectivity index (χ1v) is 12.1. The fraction of sp³-hybridized carbons (Fsp3) is 0.258. The van der Waals surface area contributed by atoms with Crippen LogP contribution in [0, 0.1) is 6.92 Å². The molecule has 0 spiro atoms. The number of benzene rings is 3. The molecule has 6 rings (SSSR count). The summed E-state index contributed by atoms with van der Waals surface area (Å²) >= 11 is 0. The molecule has 0 amide bonds. The van der Waals surface area contributed by atoms with Crippen LogP contribution < -0.4 is 4.57 Å². The quantitative estimate of drug-likeness (QED) is 0.267. The van der Waals surface area contributed by atoms with E-state index in [0.29, 0.717) is 5.92 Å². The fourth-order valence-electron chi connectivity index (χ4n) is 5.80. The molecule has 0 fully saturated rings. The van der Waals surface area contributed by atoms with Gasteiger partial charge < -0.3 is 4.42 Å². The molecule has 2 aromatic heterocycles. The van der Waals surface area contributed by atoms with Gasteiger partial charge in [-0.05, 0) is 66.0 Å². The lowest BCUT2D eigenvalue weighted by molar-refractivity contribution is -0.660. The summed E-state index contributed by atoms with van der Waals surface area (Å²) in [6, 6.07) is 22.1. The first-order chi connectivity index (χ1) is 16.0. The van der Waals surface area contributed by atoms with Crippen LogP contribution in [0.1, 0.15) is 48.4 Å². The fourth-order valence-corrected chi connectivity index (χ4v) is 5.80. The van der Waals surface area contributed by atoms with Crippen molar-refractivity contribution < 1.29 is 8.98 Å². The van der Waals surface area contributed by atoms with Crippen molar-refractivity contribution >= 4 is 21.9 Å². The Kier molecular flexibility index (Phi) is 4.65. The molecule has 1 aliphatic carbocycles. The van der Waals surface area contributed by atoms with Crippen LogP contribution in [0.5, 0.6) is 0 Å². The maximum absolute atomic E-state index is 6.78. The number of para-hydroxylation sites is 1. The van der Waals surface area contributed by atoms with Crippen LogP contribution in [-0.2, 0) is 19.9 Å². The van der Waals surface area contributed by atoms with Gasteiger partial charge in [-0.1, -0.05) is 56.3 Å². The minimum absolute atomic E-state index is 0.560. The molecule has 5 aromatic rings. The molecule has 0 saturated heterocycles. The van der Waals surface area contributed by atoms with Gasteiger partial charge in [-0.2, -0.15) is 0 Å². The molecular weight excluding hydrogens is 402 g/mol. The van der Waals surface area contributed by atoms with Gasteiger partial charge in [-0.15, -0.1) is 0 Å². The maximum Gasteiger partial charge on any atom is 0.216 e. The Labute approximate surface area is 195 Å². The Morgan fingerprint density at radius 1 is 0.788 bits per heavy atom. The van der Waals surface area contributed by atoms with E-state index in [2.05, 4.69) is 99.2 Å². The lowest BCUT2D eigenvalue weighted by Crippen LogP contribution is -2.30. The van der Waals surface area contributed by atoms with Crippen molar-refractivity contribution in [2.24, 2.45) is 7.05 Å². The number of hydrogen-bond donors (Lipinski definition) is 0. The number of rotatable bonds is 3. The van der Waals surface area contributed by atoms with Gasteiger partial charge >= 0.3 is 0 Å². The summed E-state index contributed by atoms with van der Waals surface area (Å²) in [7, 11) is 2.10. The number of fused-ring (bicyclic) bond motifs is 4. The van der Waals surface area contributed by atoms with Crippen molar-refractivity contribution in [1.82, 2.24) is 0 Å². The highest BCUT2D eigenvalue weighted by molar-refractivity contribution is 6.13.